The predicted octanol–water partition coefficient (Wildman–Crippen LogP) is 1.55. The Morgan fingerprint density at radius 3 is 2.38 bits per heavy atom. The van der Waals surface area contributed by atoms with E-state index in [9.17, 15) is 9.59 Å². The molecule has 0 spiro atoms. The maximum atomic E-state index is 12.1. The molecular formula is C17H24N2O5. The molecule has 0 saturated heterocycles. The van der Waals surface area contributed by atoms with Gasteiger partial charge in [0.2, 0.25) is 0 Å². The van der Waals surface area contributed by atoms with E-state index in [2.05, 4.69) is 15.3 Å². The van der Waals surface area contributed by atoms with Crippen molar-refractivity contribution in [2.45, 2.75) is 25.8 Å². The smallest absolute Gasteiger partial charge is 0.328 e. The summed E-state index contributed by atoms with van der Waals surface area (Å²) in [7, 11) is 4.24. The van der Waals surface area contributed by atoms with Crippen molar-refractivity contribution in [1.82, 2.24) is 5.32 Å². The van der Waals surface area contributed by atoms with Gasteiger partial charge < -0.3 is 19.6 Å². The fourth-order valence-electron chi connectivity index (χ4n) is 2.35. The van der Waals surface area contributed by atoms with Crippen LogP contribution in [0.5, 0.6) is 5.75 Å². The number of methoxy groups -OCH3 is 2. The minimum absolute atomic E-state index is 0.120. The summed E-state index contributed by atoms with van der Waals surface area (Å²) in [5.74, 6) is -0.360. The van der Waals surface area contributed by atoms with Gasteiger partial charge in [0.15, 0.2) is 0 Å². The first-order valence-corrected chi connectivity index (χ1v) is 7.63. The number of carbonyl (C=O) groups excluding carboxylic acids is 2. The van der Waals surface area contributed by atoms with Crippen molar-refractivity contribution < 1.29 is 23.9 Å². The first-order chi connectivity index (χ1) is 11.5. The number of hydrogen-bond acceptors (Lipinski definition) is 6. The number of carbonyl (C=O) groups is 2. The lowest BCUT2D eigenvalue weighted by Gasteiger charge is -2.24. The van der Waals surface area contributed by atoms with Gasteiger partial charge in [0, 0.05) is 0 Å². The first kappa shape index (κ1) is 19.5. The average molecular weight is 336 g/mol. The van der Waals surface area contributed by atoms with Crippen molar-refractivity contribution in [3.63, 3.8) is 0 Å². The van der Waals surface area contributed by atoms with Crippen LogP contribution in [0.3, 0.4) is 0 Å². The van der Waals surface area contributed by atoms with E-state index >= 15 is 0 Å². The van der Waals surface area contributed by atoms with E-state index in [0.717, 1.165) is 17.5 Å². The fourth-order valence-corrected chi connectivity index (χ4v) is 2.35. The minimum Gasteiger partial charge on any atom is -0.497 e. The van der Waals surface area contributed by atoms with Crippen LogP contribution in [-0.4, -0.2) is 45.5 Å². The number of esters is 1. The van der Waals surface area contributed by atoms with Gasteiger partial charge in [0.25, 0.3) is 5.91 Å². The van der Waals surface area contributed by atoms with E-state index in [4.69, 9.17) is 9.47 Å². The number of oxime groups is 1. The Bertz CT molecular complexity index is 557. The summed E-state index contributed by atoms with van der Waals surface area (Å²) in [5, 5.41) is 6.02. The Morgan fingerprint density at radius 1 is 1.21 bits per heavy atom. The topological polar surface area (TPSA) is 86.2 Å². The van der Waals surface area contributed by atoms with Crippen LogP contribution in [0, 0.1) is 5.92 Å². The largest absolute Gasteiger partial charge is 0.497 e. The maximum Gasteiger partial charge on any atom is 0.328 e. The summed E-state index contributed by atoms with van der Waals surface area (Å²) in [4.78, 5) is 28.4. The van der Waals surface area contributed by atoms with Crippen molar-refractivity contribution in [3.8, 4) is 5.75 Å². The third-order valence-electron chi connectivity index (χ3n) is 3.68. The SMILES string of the molecule is CC[C@@H](Cc1ccc(OC)cc1)[C@H](NC(=O)/C=N/OC)C(=O)OC. The summed E-state index contributed by atoms with van der Waals surface area (Å²) in [5.41, 5.74) is 1.04. The molecule has 1 aromatic carbocycles. The molecule has 1 amide bonds. The molecule has 0 bridgehead atoms. The Labute approximate surface area is 142 Å². The second-order valence-corrected chi connectivity index (χ2v) is 5.15. The summed E-state index contributed by atoms with van der Waals surface area (Å²) in [6, 6.07) is 6.82. The molecule has 7 nitrogen and oxygen atoms in total. The molecular weight excluding hydrogens is 312 g/mol. The molecule has 0 aliphatic heterocycles. The average Bonchev–Trinajstić information content (AvgIpc) is 2.62. The fraction of sp³-hybridized carbons (Fsp3) is 0.471. The van der Waals surface area contributed by atoms with Crippen molar-refractivity contribution in [1.29, 1.82) is 0 Å². The van der Waals surface area contributed by atoms with Gasteiger partial charge in [0.1, 0.15) is 25.1 Å². The van der Waals surface area contributed by atoms with Gasteiger partial charge in [-0.05, 0) is 30.0 Å². The molecule has 2 atom stereocenters. The lowest BCUT2D eigenvalue weighted by molar-refractivity contribution is -0.146. The number of hydrogen-bond donors (Lipinski definition) is 1. The van der Waals surface area contributed by atoms with E-state index in [1.807, 2.05) is 31.2 Å². The van der Waals surface area contributed by atoms with Crippen LogP contribution < -0.4 is 10.1 Å². The maximum absolute atomic E-state index is 12.1. The van der Waals surface area contributed by atoms with Crippen LogP contribution in [0.25, 0.3) is 0 Å². The van der Waals surface area contributed by atoms with Gasteiger partial charge >= 0.3 is 5.97 Å². The Kier molecular flexibility index (Phi) is 8.32. The zero-order valence-electron chi connectivity index (χ0n) is 14.4. The standard InChI is InChI=1S/C17H24N2O5/c1-5-13(10-12-6-8-14(22-2)9-7-12)16(17(21)23-3)19-15(20)11-18-24-4/h6-9,11,13,16H,5,10H2,1-4H3,(H,19,20)/b18-11+/t13-,16-/m0/s1. The van der Waals surface area contributed by atoms with Gasteiger partial charge in [0.05, 0.1) is 14.2 Å². The molecule has 0 radical (unpaired) electrons. The number of rotatable bonds is 9. The highest BCUT2D eigenvalue weighted by atomic mass is 16.6. The van der Waals surface area contributed by atoms with Crippen molar-refractivity contribution in [3.05, 3.63) is 29.8 Å². The van der Waals surface area contributed by atoms with E-state index in [1.165, 1.54) is 14.2 Å². The Hall–Kier alpha value is -2.57. The summed E-state index contributed by atoms with van der Waals surface area (Å²) in [6.07, 6.45) is 2.28. The molecule has 132 valence electrons. The van der Waals surface area contributed by atoms with Crippen molar-refractivity contribution in [2.75, 3.05) is 21.3 Å². The van der Waals surface area contributed by atoms with Gasteiger partial charge in [-0.15, -0.1) is 0 Å². The lowest BCUT2D eigenvalue weighted by atomic mass is 9.89. The normalized spacial score (nSPS) is 13.2. The zero-order valence-corrected chi connectivity index (χ0v) is 14.4. The van der Waals surface area contributed by atoms with Gasteiger partial charge in [-0.2, -0.15) is 0 Å². The molecule has 0 aliphatic carbocycles. The molecule has 0 saturated carbocycles. The number of benzene rings is 1. The molecule has 24 heavy (non-hydrogen) atoms. The highest BCUT2D eigenvalue weighted by Crippen LogP contribution is 2.19. The summed E-state index contributed by atoms with van der Waals surface area (Å²) < 4.78 is 9.96. The number of nitrogens with one attached hydrogen (secondary N) is 1. The van der Waals surface area contributed by atoms with Gasteiger partial charge in [-0.1, -0.05) is 30.6 Å². The van der Waals surface area contributed by atoms with Crippen LogP contribution in [0.15, 0.2) is 29.4 Å². The molecule has 1 aromatic rings. The van der Waals surface area contributed by atoms with E-state index in [0.29, 0.717) is 12.8 Å². The third kappa shape index (κ3) is 5.91. The molecule has 0 aliphatic rings. The minimum atomic E-state index is -0.766. The van der Waals surface area contributed by atoms with Gasteiger partial charge in [-0.25, -0.2) is 4.79 Å². The molecule has 1 rings (SSSR count). The molecule has 0 fully saturated rings. The highest BCUT2D eigenvalue weighted by molar-refractivity contribution is 6.26. The Balaban J connectivity index is 2.88. The molecule has 7 heteroatoms. The first-order valence-electron chi connectivity index (χ1n) is 7.63. The van der Waals surface area contributed by atoms with Crippen molar-refractivity contribution >= 4 is 18.1 Å². The van der Waals surface area contributed by atoms with E-state index in [1.54, 1.807) is 7.11 Å². The van der Waals surface area contributed by atoms with Crippen LogP contribution in [0.1, 0.15) is 18.9 Å². The number of nitrogens with zero attached hydrogens (tertiary/aromatic N) is 1. The molecule has 0 aromatic heterocycles. The van der Waals surface area contributed by atoms with Gasteiger partial charge in [-0.3, -0.25) is 4.79 Å². The van der Waals surface area contributed by atoms with Crippen molar-refractivity contribution in [2.24, 2.45) is 11.1 Å². The predicted molar refractivity (Wildman–Crippen MR) is 89.9 cm³/mol. The molecule has 0 unspecified atom stereocenters. The molecule has 0 heterocycles. The zero-order chi connectivity index (χ0) is 17.9. The number of ether oxygens (including phenoxy) is 2. The monoisotopic (exact) mass is 336 g/mol. The van der Waals surface area contributed by atoms with Crippen LogP contribution >= 0.6 is 0 Å². The number of amides is 1. The second-order valence-electron chi connectivity index (χ2n) is 5.15. The van der Waals surface area contributed by atoms with E-state index in [-0.39, 0.29) is 5.92 Å². The third-order valence-corrected chi connectivity index (χ3v) is 3.68. The summed E-state index contributed by atoms with van der Waals surface area (Å²) >= 11 is 0. The van der Waals surface area contributed by atoms with E-state index < -0.39 is 17.9 Å². The second kappa shape index (κ2) is 10.3. The lowest BCUT2D eigenvalue weighted by Crippen LogP contribution is -2.47. The Morgan fingerprint density at radius 2 is 1.88 bits per heavy atom. The van der Waals surface area contributed by atoms with Crippen LogP contribution in [0.4, 0.5) is 0 Å². The highest BCUT2D eigenvalue weighted by Gasteiger charge is 2.29. The molecule has 1 N–H and O–H groups in total. The quantitative estimate of drug-likeness (QED) is 0.420. The van der Waals surface area contributed by atoms with Crippen LogP contribution in [0.2, 0.25) is 0 Å². The van der Waals surface area contributed by atoms with Crippen LogP contribution in [-0.2, 0) is 25.6 Å². The summed E-state index contributed by atoms with van der Waals surface area (Å²) in [6.45, 7) is 1.96.